The van der Waals surface area contributed by atoms with Gasteiger partial charge in [0.15, 0.2) is 0 Å². The first-order valence-corrected chi connectivity index (χ1v) is 6.95. The Morgan fingerprint density at radius 1 is 1.00 bits per heavy atom. The Labute approximate surface area is 104 Å². The van der Waals surface area contributed by atoms with Crippen LogP contribution >= 0.6 is 0 Å². The molecule has 1 heterocycles. The van der Waals surface area contributed by atoms with E-state index in [2.05, 4.69) is 13.8 Å². The van der Waals surface area contributed by atoms with E-state index in [1.54, 1.807) is 0 Å². The standard InChI is InChI=1S/C14H25NO2/c1-13(2)8-10-15(11-9-13)12(16)14(17)6-4-3-5-7-14/h17H,3-11H2,1-2H3. The van der Waals surface area contributed by atoms with E-state index in [4.69, 9.17) is 0 Å². The van der Waals surface area contributed by atoms with E-state index in [1.807, 2.05) is 4.90 Å². The summed E-state index contributed by atoms with van der Waals surface area (Å²) in [5.41, 5.74) is -0.689. The molecule has 3 nitrogen and oxygen atoms in total. The maximum absolute atomic E-state index is 12.4. The molecular weight excluding hydrogens is 214 g/mol. The summed E-state index contributed by atoms with van der Waals surface area (Å²) in [5.74, 6) is -0.00676. The fraction of sp³-hybridized carbons (Fsp3) is 0.929. The molecule has 1 amide bonds. The molecule has 2 fully saturated rings. The molecule has 0 aromatic rings. The van der Waals surface area contributed by atoms with Crippen molar-refractivity contribution in [1.82, 2.24) is 4.90 Å². The smallest absolute Gasteiger partial charge is 0.254 e. The Bertz CT molecular complexity index is 283. The van der Waals surface area contributed by atoms with Crippen LogP contribution in [0.1, 0.15) is 58.8 Å². The average Bonchev–Trinajstić information content (AvgIpc) is 2.29. The molecule has 1 N–H and O–H groups in total. The van der Waals surface area contributed by atoms with Crippen LogP contribution in [0.3, 0.4) is 0 Å². The second-order valence-corrected chi connectivity index (χ2v) is 6.55. The van der Waals surface area contributed by atoms with Crippen molar-refractivity contribution in [2.24, 2.45) is 5.41 Å². The molecule has 1 aliphatic carbocycles. The minimum Gasteiger partial charge on any atom is -0.380 e. The molecule has 0 spiro atoms. The van der Waals surface area contributed by atoms with Crippen molar-refractivity contribution in [3.8, 4) is 0 Å². The highest BCUT2D eigenvalue weighted by Crippen LogP contribution is 2.34. The Morgan fingerprint density at radius 2 is 1.53 bits per heavy atom. The largest absolute Gasteiger partial charge is 0.380 e. The van der Waals surface area contributed by atoms with Crippen LogP contribution in [0.15, 0.2) is 0 Å². The zero-order chi connectivity index (χ0) is 12.5. The van der Waals surface area contributed by atoms with Crippen LogP contribution in [0.2, 0.25) is 0 Å². The van der Waals surface area contributed by atoms with Crippen molar-refractivity contribution < 1.29 is 9.90 Å². The molecule has 2 rings (SSSR count). The second kappa shape index (κ2) is 4.60. The van der Waals surface area contributed by atoms with Crippen LogP contribution in [0.25, 0.3) is 0 Å². The summed E-state index contributed by atoms with van der Waals surface area (Å²) < 4.78 is 0. The van der Waals surface area contributed by atoms with Gasteiger partial charge in [0.05, 0.1) is 0 Å². The Balaban J connectivity index is 1.96. The zero-order valence-corrected chi connectivity index (χ0v) is 11.2. The van der Waals surface area contributed by atoms with Gasteiger partial charge in [0.25, 0.3) is 5.91 Å². The average molecular weight is 239 g/mol. The SMILES string of the molecule is CC1(C)CCN(C(=O)C2(O)CCCCC2)CC1. The summed E-state index contributed by atoms with van der Waals surface area (Å²) in [5, 5.41) is 10.4. The number of piperidine rings is 1. The number of hydrogen-bond acceptors (Lipinski definition) is 2. The summed E-state index contributed by atoms with van der Waals surface area (Å²) in [6.07, 6.45) is 6.55. The number of carbonyl (C=O) groups excluding carboxylic acids is 1. The Hall–Kier alpha value is -0.570. The first-order chi connectivity index (χ1) is 7.93. The highest BCUT2D eigenvalue weighted by molar-refractivity contribution is 5.85. The van der Waals surface area contributed by atoms with Gasteiger partial charge in [-0.2, -0.15) is 0 Å². The summed E-state index contributed by atoms with van der Waals surface area (Å²) >= 11 is 0. The van der Waals surface area contributed by atoms with Crippen molar-refractivity contribution in [2.75, 3.05) is 13.1 Å². The molecule has 0 aromatic carbocycles. The van der Waals surface area contributed by atoms with Crippen LogP contribution < -0.4 is 0 Å². The van der Waals surface area contributed by atoms with Crippen LogP contribution in [0.4, 0.5) is 0 Å². The van der Waals surface area contributed by atoms with Crippen molar-refractivity contribution in [2.45, 2.75) is 64.4 Å². The lowest BCUT2D eigenvalue weighted by molar-refractivity contribution is -0.156. The highest BCUT2D eigenvalue weighted by Gasteiger charge is 2.41. The number of carbonyl (C=O) groups is 1. The van der Waals surface area contributed by atoms with Crippen molar-refractivity contribution in [3.63, 3.8) is 0 Å². The van der Waals surface area contributed by atoms with E-state index in [9.17, 15) is 9.90 Å². The third kappa shape index (κ3) is 2.82. The molecule has 2 aliphatic rings. The van der Waals surface area contributed by atoms with Gasteiger partial charge >= 0.3 is 0 Å². The predicted molar refractivity (Wildman–Crippen MR) is 67.6 cm³/mol. The predicted octanol–water partition coefficient (Wildman–Crippen LogP) is 2.33. The Kier molecular flexibility index (Phi) is 3.48. The van der Waals surface area contributed by atoms with Gasteiger partial charge in [-0.1, -0.05) is 33.1 Å². The first kappa shape index (κ1) is 12.9. The van der Waals surface area contributed by atoms with Crippen LogP contribution in [0, 0.1) is 5.41 Å². The molecule has 17 heavy (non-hydrogen) atoms. The minimum atomic E-state index is -1.04. The third-order valence-electron chi connectivity index (χ3n) is 4.48. The van der Waals surface area contributed by atoms with E-state index in [-0.39, 0.29) is 5.91 Å². The summed E-state index contributed by atoms with van der Waals surface area (Å²) in [7, 11) is 0. The number of hydrogen-bond donors (Lipinski definition) is 1. The van der Waals surface area contributed by atoms with Gasteiger partial charge in [-0.25, -0.2) is 0 Å². The topological polar surface area (TPSA) is 40.5 Å². The molecular formula is C14H25NO2. The van der Waals surface area contributed by atoms with Crippen LogP contribution in [0.5, 0.6) is 0 Å². The molecule has 98 valence electrons. The minimum absolute atomic E-state index is 0.00676. The lowest BCUT2D eigenvalue weighted by atomic mass is 9.80. The van der Waals surface area contributed by atoms with Crippen molar-refractivity contribution in [3.05, 3.63) is 0 Å². The highest BCUT2D eigenvalue weighted by atomic mass is 16.3. The lowest BCUT2D eigenvalue weighted by Crippen LogP contribution is -2.53. The number of rotatable bonds is 1. The Morgan fingerprint density at radius 3 is 2.06 bits per heavy atom. The maximum Gasteiger partial charge on any atom is 0.254 e. The molecule has 0 aromatic heterocycles. The monoisotopic (exact) mass is 239 g/mol. The second-order valence-electron chi connectivity index (χ2n) is 6.55. The van der Waals surface area contributed by atoms with Gasteiger partial charge < -0.3 is 10.0 Å². The van der Waals surface area contributed by atoms with Gasteiger partial charge in [-0.3, -0.25) is 4.79 Å². The third-order valence-corrected chi connectivity index (χ3v) is 4.48. The van der Waals surface area contributed by atoms with Crippen molar-refractivity contribution >= 4 is 5.91 Å². The lowest BCUT2D eigenvalue weighted by Gasteiger charge is -2.41. The van der Waals surface area contributed by atoms with E-state index in [1.165, 1.54) is 0 Å². The van der Waals surface area contributed by atoms with Crippen molar-refractivity contribution in [1.29, 1.82) is 0 Å². The van der Waals surface area contributed by atoms with Gasteiger partial charge in [0.1, 0.15) is 5.60 Å². The van der Waals surface area contributed by atoms with E-state index >= 15 is 0 Å². The number of aliphatic hydroxyl groups is 1. The molecule has 0 atom stereocenters. The fourth-order valence-electron chi connectivity index (χ4n) is 2.96. The molecule has 1 aliphatic heterocycles. The molecule has 1 saturated carbocycles. The fourth-order valence-corrected chi connectivity index (χ4v) is 2.96. The number of likely N-dealkylation sites (tertiary alicyclic amines) is 1. The zero-order valence-electron chi connectivity index (χ0n) is 11.2. The summed E-state index contributed by atoms with van der Waals surface area (Å²) in [6.45, 7) is 6.14. The molecule has 0 radical (unpaired) electrons. The summed E-state index contributed by atoms with van der Waals surface area (Å²) in [4.78, 5) is 14.2. The molecule has 1 saturated heterocycles. The van der Waals surface area contributed by atoms with E-state index < -0.39 is 5.60 Å². The normalized spacial score (nSPS) is 27.8. The number of nitrogens with zero attached hydrogens (tertiary/aromatic N) is 1. The van der Waals surface area contributed by atoms with Gasteiger partial charge in [-0.05, 0) is 31.1 Å². The van der Waals surface area contributed by atoms with E-state index in [0.29, 0.717) is 18.3 Å². The molecule has 0 unspecified atom stereocenters. The van der Waals surface area contributed by atoms with Crippen LogP contribution in [-0.2, 0) is 4.79 Å². The number of amides is 1. The van der Waals surface area contributed by atoms with Crippen LogP contribution in [-0.4, -0.2) is 34.6 Å². The summed E-state index contributed by atoms with van der Waals surface area (Å²) in [6, 6.07) is 0. The molecule has 0 bridgehead atoms. The molecule has 3 heteroatoms. The van der Waals surface area contributed by atoms with Gasteiger partial charge in [-0.15, -0.1) is 0 Å². The quantitative estimate of drug-likeness (QED) is 0.763. The maximum atomic E-state index is 12.4. The first-order valence-electron chi connectivity index (χ1n) is 6.95. The van der Waals surface area contributed by atoms with Gasteiger partial charge in [0, 0.05) is 13.1 Å². The van der Waals surface area contributed by atoms with E-state index in [0.717, 1.165) is 45.2 Å². The van der Waals surface area contributed by atoms with Gasteiger partial charge in [0.2, 0.25) is 0 Å².